The SMILES string of the molecule is CCn1nc(C)cc1CN1CCCC1CNCC(C)C. The van der Waals surface area contributed by atoms with Crippen LogP contribution in [-0.4, -0.2) is 40.4 Å². The lowest BCUT2D eigenvalue weighted by atomic mass is 10.2. The molecule has 1 atom stereocenters. The topological polar surface area (TPSA) is 33.1 Å². The van der Waals surface area contributed by atoms with Crippen molar-refractivity contribution in [2.45, 2.75) is 59.7 Å². The molecule has 1 saturated heterocycles. The second-order valence-corrected chi connectivity index (χ2v) is 6.41. The average molecular weight is 278 g/mol. The van der Waals surface area contributed by atoms with Gasteiger partial charge in [-0.3, -0.25) is 9.58 Å². The second-order valence-electron chi connectivity index (χ2n) is 6.41. The molecule has 1 N–H and O–H groups in total. The third-order valence-electron chi connectivity index (χ3n) is 4.08. The fourth-order valence-electron chi connectivity index (χ4n) is 3.08. The number of likely N-dealkylation sites (tertiary alicyclic amines) is 1. The zero-order chi connectivity index (χ0) is 14.5. The number of nitrogens with zero attached hydrogens (tertiary/aromatic N) is 3. The first-order chi connectivity index (χ1) is 9.60. The van der Waals surface area contributed by atoms with E-state index in [-0.39, 0.29) is 0 Å². The Morgan fingerprint density at radius 3 is 2.95 bits per heavy atom. The predicted molar refractivity (Wildman–Crippen MR) is 83.8 cm³/mol. The third-order valence-corrected chi connectivity index (χ3v) is 4.08. The molecule has 4 heteroatoms. The van der Waals surface area contributed by atoms with Crippen LogP contribution in [0.2, 0.25) is 0 Å². The fraction of sp³-hybridized carbons (Fsp3) is 0.812. The Balaban J connectivity index is 1.90. The van der Waals surface area contributed by atoms with Crippen LogP contribution < -0.4 is 5.32 Å². The van der Waals surface area contributed by atoms with E-state index >= 15 is 0 Å². The first-order valence-electron chi connectivity index (χ1n) is 8.08. The first-order valence-corrected chi connectivity index (χ1v) is 8.08. The van der Waals surface area contributed by atoms with E-state index in [1.807, 2.05) is 0 Å². The quantitative estimate of drug-likeness (QED) is 0.831. The van der Waals surface area contributed by atoms with Crippen molar-refractivity contribution >= 4 is 0 Å². The van der Waals surface area contributed by atoms with Gasteiger partial charge in [-0.1, -0.05) is 13.8 Å². The smallest absolute Gasteiger partial charge is 0.0597 e. The lowest BCUT2D eigenvalue weighted by Gasteiger charge is -2.25. The molecule has 0 aliphatic carbocycles. The molecular formula is C16H30N4. The van der Waals surface area contributed by atoms with Crippen LogP contribution in [0.25, 0.3) is 0 Å². The van der Waals surface area contributed by atoms with Gasteiger partial charge in [0, 0.05) is 25.7 Å². The molecule has 114 valence electrons. The number of rotatable bonds is 7. The van der Waals surface area contributed by atoms with Gasteiger partial charge < -0.3 is 5.32 Å². The number of nitrogens with one attached hydrogen (secondary N) is 1. The minimum Gasteiger partial charge on any atom is -0.315 e. The summed E-state index contributed by atoms with van der Waals surface area (Å²) in [5.74, 6) is 0.731. The van der Waals surface area contributed by atoms with Crippen molar-refractivity contribution in [3.05, 3.63) is 17.5 Å². The van der Waals surface area contributed by atoms with Gasteiger partial charge in [-0.2, -0.15) is 5.10 Å². The van der Waals surface area contributed by atoms with Gasteiger partial charge >= 0.3 is 0 Å². The van der Waals surface area contributed by atoms with Gasteiger partial charge in [-0.05, 0) is 51.8 Å². The molecule has 1 aliphatic heterocycles. The van der Waals surface area contributed by atoms with E-state index in [0.29, 0.717) is 6.04 Å². The first kappa shape index (κ1) is 15.5. The van der Waals surface area contributed by atoms with Crippen LogP contribution in [0.3, 0.4) is 0 Å². The summed E-state index contributed by atoms with van der Waals surface area (Å²) in [5, 5.41) is 8.17. The molecule has 0 radical (unpaired) electrons. The van der Waals surface area contributed by atoms with Crippen molar-refractivity contribution in [1.29, 1.82) is 0 Å². The summed E-state index contributed by atoms with van der Waals surface area (Å²) >= 11 is 0. The van der Waals surface area contributed by atoms with Gasteiger partial charge in [0.05, 0.1) is 11.4 Å². The molecule has 0 bridgehead atoms. The maximum absolute atomic E-state index is 4.56. The van der Waals surface area contributed by atoms with Gasteiger partial charge in [0.1, 0.15) is 0 Å². The Labute approximate surface area is 123 Å². The highest BCUT2D eigenvalue weighted by atomic mass is 15.3. The second kappa shape index (κ2) is 7.23. The van der Waals surface area contributed by atoms with E-state index in [2.05, 4.69) is 53.8 Å². The van der Waals surface area contributed by atoms with Crippen LogP contribution in [0.1, 0.15) is 45.0 Å². The van der Waals surface area contributed by atoms with E-state index in [0.717, 1.165) is 37.8 Å². The molecule has 4 nitrogen and oxygen atoms in total. The maximum atomic E-state index is 4.56. The molecule has 1 unspecified atom stereocenters. The molecule has 0 saturated carbocycles. The van der Waals surface area contributed by atoms with Crippen molar-refractivity contribution < 1.29 is 0 Å². The summed E-state index contributed by atoms with van der Waals surface area (Å²) in [5.41, 5.74) is 2.50. The van der Waals surface area contributed by atoms with Gasteiger partial charge in [0.25, 0.3) is 0 Å². The number of hydrogen-bond donors (Lipinski definition) is 1. The largest absolute Gasteiger partial charge is 0.315 e. The summed E-state index contributed by atoms with van der Waals surface area (Å²) < 4.78 is 2.15. The van der Waals surface area contributed by atoms with Crippen molar-refractivity contribution in [3.8, 4) is 0 Å². The summed E-state index contributed by atoms with van der Waals surface area (Å²) in [6, 6.07) is 2.93. The highest BCUT2D eigenvalue weighted by Gasteiger charge is 2.25. The molecule has 0 aromatic carbocycles. The molecule has 1 aromatic heterocycles. The lowest BCUT2D eigenvalue weighted by molar-refractivity contribution is 0.231. The van der Waals surface area contributed by atoms with Gasteiger partial charge in [0.2, 0.25) is 0 Å². The zero-order valence-corrected chi connectivity index (χ0v) is 13.5. The molecule has 20 heavy (non-hydrogen) atoms. The van der Waals surface area contributed by atoms with Crippen LogP contribution in [-0.2, 0) is 13.1 Å². The summed E-state index contributed by atoms with van der Waals surface area (Å²) in [4.78, 5) is 2.62. The summed E-state index contributed by atoms with van der Waals surface area (Å²) in [6.45, 7) is 14.3. The molecule has 2 rings (SSSR count). The number of hydrogen-bond acceptors (Lipinski definition) is 3. The van der Waals surface area contributed by atoms with Crippen LogP contribution in [0.15, 0.2) is 6.07 Å². The zero-order valence-electron chi connectivity index (χ0n) is 13.5. The van der Waals surface area contributed by atoms with Crippen LogP contribution in [0.4, 0.5) is 0 Å². The molecule has 1 aliphatic rings. The average Bonchev–Trinajstić information content (AvgIpc) is 2.96. The van der Waals surface area contributed by atoms with Gasteiger partial charge in [-0.25, -0.2) is 0 Å². The highest BCUT2D eigenvalue weighted by Crippen LogP contribution is 2.20. The van der Waals surface area contributed by atoms with Crippen molar-refractivity contribution in [3.63, 3.8) is 0 Å². The Morgan fingerprint density at radius 2 is 2.25 bits per heavy atom. The Morgan fingerprint density at radius 1 is 1.45 bits per heavy atom. The molecule has 2 heterocycles. The Hall–Kier alpha value is -0.870. The molecular weight excluding hydrogens is 248 g/mol. The summed E-state index contributed by atoms with van der Waals surface area (Å²) in [6.07, 6.45) is 2.65. The highest BCUT2D eigenvalue weighted by molar-refractivity contribution is 5.09. The van der Waals surface area contributed by atoms with Crippen LogP contribution in [0.5, 0.6) is 0 Å². The van der Waals surface area contributed by atoms with Crippen molar-refractivity contribution in [2.75, 3.05) is 19.6 Å². The Kier molecular flexibility index (Phi) is 5.61. The lowest BCUT2D eigenvalue weighted by Crippen LogP contribution is -2.39. The number of aryl methyl sites for hydroxylation is 2. The standard InChI is InChI=1S/C16H30N4/c1-5-20-16(9-14(4)18-20)12-19-8-6-7-15(19)11-17-10-13(2)3/h9,13,15,17H,5-8,10-12H2,1-4H3. The predicted octanol–water partition coefficient (Wildman–Crippen LogP) is 2.42. The monoisotopic (exact) mass is 278 g/mol. The van der Waals surface area contributed by atoms with Crippen molar-refractivity contribution in [1.82, 2.24) is 20.0 Å². The van der Waals surface area contributed by atoms with Gasteiger partial charge in [0.15, 0.2) is 0 Å². The van der Waals surface area contributed by atoms with Gasteiger partial charge in [-0.15, -0.1) is 0 Å². The molecule has 1 aromatic rings. The minimum absolute atomic E-state index is 0.689. The van der Waals surface area contributed by atoms with Crippen LogP contribution in [0, 0.1) is 12.8 Å². The molecule has 0 amide bonds. The maximum Gasteiger partial charge on any atom is 0.0597 e. The van der Waals surface area contributed by atoms with Crippen LogP contribution >= 0.6 is 0 Å². The van der Waals surface area contributed by atoms with E-state index in [1.165, 1.54) is 25.1 Å². The number of aromatic nitrogens is 2. The third kappa shape index (κ3) is 4.06. The normalized spacial score (nSPS) is 20.1. The Bertz CT molecular complexity index is 411. The van der Waals surface area contributed by atoms with E-state index in [9.17, 15) is 0 Å². The fourth-order valence-corrected chi connectivity index (χ4v) is 3.08. The summed E-state index contributed by atoms with van der Waals surface area (Å²) in [7, 11) is 0. The van der Waals surface area contributed by atoms with E-state index in [4.69, 9.17) is 0 Å². The van der Waals surface area contributed by atoms with Crippen molar-refractivity contribution in [2.24, 2.45) is 5.92 Å². The van der Waals surface area contributed by atoms with E-state index in [1.54, 1.807) is 0 Å². The molecule has 1 fully saturated rings. The molecule has 0 spiro atoms. The van der Waals surface area contributed by atoms with E-state index < -0.39 is 0 Å². The minimum atomic E-state index is 0.689.